The van der Waals surface area contributed by atoms with E-state index in [1.807, 2.05) is 60.7 Å². The highest BCUT2D eigenvalue weighted by molar-refractivity contribution is 5.77. The Morgan fingerprint density at radius 3 is 1.23 bits per heavy atom. The van der Waals surface area contributed by atoms with Crippen molar-refractivity contribution in [1.82, 2.24) is 9.80 Å². The first-order valence-electron chi connectivity index (χ1n) is 15.6. The van der Waals surface area contributed by atoms with Crippen molar-refractivity contribution in [1.29, 1.82) is 0 Å². The zero-order valence-electron chi connectivity index (χ0n) is 25.7. The molecule has 0 radical (unpaired) electrons. The van der Waals surface area contributed by atoms with E-state index in [4.69, 9.17) is 18.9 Å². The summed E-state index contributed by atoms with van der Waals surface area (Å²) >= 11 is 0. The van der Waals surface area contributed by atoms with Crippen LogP contribution in [-0.4, -0.2) is 86.2 Å². The number of carbonyl (C=O) groups is 4. The van der Waals surface area contributed by atoms with Gasteiger partial charge in [-0.3, -0.25) is 19.2 Å². The molecule has 0 aliphatic carbocycles. The molecule has 2 aromatic carbocycles. The Balaban J connectivity index is 1.25. The summed E-state index contributed by atoms with van der Waals surface area (Å²) in [4.78, 5) is 53.1. The molecule has 1 fully saturated rings. The van der Waals surface area contributed by atoms with E-state index in [0.29, 0.717) is 91.1 Å². The topological polar surface area (TPSA) is 112 Å². The minimum atomic E-state index is -0.263. The van der Waals surface area contributed by atoms with Crippen LogP contribution in [0.15, 0.2) is 60.7 Å². The van der Waals surface area contributed by atoms with E-state index in [1.165, 1.54) is 0 Å². The molecule has 0 unspecified atom stereocenters. The van der Waals surface area contributed by atoms with Gasteiger partial charge in [0.15, 0.2) is 0 Å². The smallest absolute Gasteiger partial charge is 0.306 e. The standard InChI is InChI=1S/C34H46N2O8/c37-31(15-7-9-17-33(39)43-27-29-11-3-1-4-12-29)35-19-23-41-25-21-36(22-26-42-24-20-35)32(38)16-8-10-18-34(40)44-28-30-13-5-2-6-14-30/h1-6,11-14H,7-10,15-28H2. The molecule has 0 aromatic heterocycles. The molecule has 0 N–H and O–H groups in total. The zero-order chi connectivity index (χ0) is 31.2. The Kier molecular flexibility index (Phi) is 16.6. The highest BCUT2D eigenvalue weighted by Gasteiger charge is 2.17. The minimum absolute atomic E-state index is 0.00710. The van der Waals surface area contributed by atoms with Gasteiger partial charge in [0, 0.05) is 51.9 Å². The summed E-state index contributed by atoms with van der Waals surface area (Å²) < 4.78 is 22.1. The van der Waals surface area contributed by atoms with Gasteiger partial charge in [0.1, 0.15) is 13.2 Å². The van der Waals surface area contributed by atoms with Crippen LogP contribution >= 0.6 is 0 Å². The summed E-state index contributed by atoms with van der Waals surface area (Å²) in [6, 6.07) is 19.1. The number of esters is 2. The van der Waals surface area contributed by atoms with Crippen molar-refractivity contribution < 1.29 is 38.1 Å². The Labute approximate surface area is 260 Å². The van der Waals surface area contributed by atoms with Gasteiger partial charge < -0.3 is 28.7 Å². The Hall–Kier alpha value is -3.76. The Morgan fingerprint density at radius 2 is 0.864 bits per heavy atom. The number of nitrogens with zero attached hydrogens (tertiary/aromatic N) is 2. The van der Waals surface area contributed by atoms with Crippen LogP contribution in [0.25, 0.3) is 0 Å². The zero-order valence-corrected chi connectivity index (χ0v) is 25.7. The van der Waals surface area contributed by atoms with E-state index >= 15 is 0 Å². The fourth-order valence-electron chi connectivity index (χ4n) is 4.65. The predicted octanol–water partition coefficient (Wildman–Crippen LogP) is 4.30. The largest absolute Gasteiger partial charge is 0.461 e. The maximum atomic E-state index is 12.8. The third kappa shape index (κ3) is 14.6. The fourth-order valence-corrected chi connectivity index (χ4v) is 4.65. The summed E-state index contributed by atoms with van der Waals surface area (Å²) in [5.41, 5.74) is 1.89. The first kappa shape index (κ1) is 34.7. The number of carbonyl (C=O) groups excluding carboxylic acids is 4. The number of unbranched alkanes of at least 4 members (excludes halogenated alkanes) is 2. The van der Waals surface area contributed by atoms with Crippen LogP contribution in [0.2, 0.25) is 0 Å². The molecular formula is C34H46N2O8. The van der Waals surface area contributed by atoms with Gasteiger partial charge in [0.05, 0.1) is 26.4 Å². The molecule has 240 valence electrons. The first-order chi connectivity index (χ1) is 21.5. The lowest BCUT2D eigenvalue weighted by Crippen LogP contribution is -2.40. The van der Waals surface area contributed by atoms with Crippen LogP contribution in [0.3, 0.4) is 0 Å². The second kappa shape index (κ2) is 21.0. The normalized spacial score (nSPS) is 14.6. The molecule has 1 aliphatic heterocycles. The molecule has 2 amide bonds. The van der Waals surface area contributed by atoms with Crippen LogP contribution < -0.4 is 0 Å². The van der Waals surface area contributed by atoms with E-state index in [-0.39, 0.29) is 49.8 Å². The number of amides is 2. The van der Waals surface area contributed by atoms with Gasteiger partial charge in [-0.15, -0.1) is 0 Å². The molecule has 0 spiro atoms. The highest BCUT2D eigenvalue weighted by atomic mass is 16.5. The van der Waals surface area contributed by atoms with Crippen LogP contribution in [0, 0.1) is 0 Å². The van der Waals surface area contributed by atoms with Crippen molar-refractivity contribution in [2.45, 2.75) is 64.6 Å². The van der Waals surface area contributed by atoms with Crippen molar-refractivity contribution >= 4 is 23.8 Å². The van der Waals surface area contributed by atoms with Gasteiger partial charge in [-0.1, -0.05) is 60.7 Å². The average molecular weight is 611 g/mol. The SMILES string of the molecule is O=C(CCCCC(=O)N1CCOCCN(C(=O)CCCCC(=O)OCc2ccccc2)CCOCC1)OCc1ccccc1. The van der Waals surface area contributed by atoms with Gasteiger partial charge >= 0.3 is 11.9 Å². The number of hydrogen-bond donors (Lipinski definition) is 0. The lowest BCUT2D eigenvalue weighted by atomic mass is 10.1. The molecular weight excluding hydrogens is 564 g/mol. The van der Waals surface area contributed by atoms with E-state index < -0.39 is 0 Å². The van der Waals surface area contributed by atoms with E-state index in [0.717, 1.165) is 11.1 Å². The van der Waals surface area contributed by atoms with E-state index in [9.17, 15) is 19.2 Å². The Morgan fingerprint density at radius 1 is 0.523 bits per heavy atom. The van der Waals surface area contributed by atoms with Crippen molar-refractivity contribution in [3.05, 3.63) is 71.8 Å². The molecule has 0 saturated carbocycles. The van der Waals surface area contributed by atoms with Gasteiger partial charge in [0.2, 0.25) is 11.8 Å². The number of rotatable bonds is 14. The number of hydrogen-bond acceptors (Lipinski definition) is 8. The monoisotopic (exact) mass is 610 g/mol. The molecule has 3 rings (SSSR count). The predicted molar refractivity (Wildman–Crippen MR) is 164 cm³/mol. The first-order valence-corrected chi connectivity index (χ1v) is 15.6. The number of ether oxygens (including phenoxy) is 4. The lowest BCUT2D eigenvalue weighted by molar-refractivity contribution is -0.146. The minimum Gasteiger partial charge on any atom is -0.461 e. The summed E-state index contributed by atoms with van der Waals surface area (Å²) in [7, 11) is 0. The van der Waals surface area contributed by atoms with Crippen LogP contribution in [0.1, 0.15) is 62.5 Å². The third-order valence-electron chi connectivity index (χ3n) is 7.26. The van der Waals surface area contributed by atoms with Crippen LogP contribution in [0.5, 0.6) is 0 Å². The van der Waals surface area contributed by atoms with Crippen LogP contribution in [-0.2, 0) is 51.3 Å². The van der Waals surface area contributed by atoms with Gasteiger partial charge in [-0.05, 0) is 36.8 Å². The molecule has 2 aromatic rings. The summed E-state index contributed by atoms with van der Waals surface area (Å²) in [5.74, 6) is -0.511. The van der Waals surface area contributed by atoms with E-state index in [2.05, 4.69) is 0 Å². The van der Waals surface area contributed by atoms with Gasteiger partial charge in [-0.2, -0.15) is 0 Å². The molecule has 44 heavy (non-hydrogen) atoms. The van der Waals surface area contributed by atoms with Crippen molar-refractivity contribution in [3.63, 3.8) is 0 Å². The molecule has 10 nitrogen and oxygen atoms in total. The fraction of sp³-hybridized carbons (Fsp3) is 0.529. The third-order valence-corrected chi connectivity index (χ3v) is 7.26. The average Bonchev–Trinajstić information content (AvgIpc) is 3.04. The molecule has 1 saturated heterocycles. The highest BCUT2D eigenvalue weighted by Crippen LogP contribution is 2.09. The lowest BCUT2D eigenvalue weighted by Gasteiger charge is -2.26. The second-order valence-electron chi connectivity index (χ2n) is 10.7. The molecule has 1 heterocycles. The van der Waals surface area contributed by atoms with E-state index in [1.54, 1.807) is 9.80 Å². The van der Waals surface area contributed by atoms with Crippen molar-refractivity contribution in [3.8, 4) is 0 Å². The molecule has 1 aliphatic rings. The molecule has 0 bridgehead atoms. The second-order valence-corrected chi connectivity index (χ2v) is 10.7. The van der Waals surface area contributed by atoms with Crippen LogP contribution in [0.4, 0.5) is 0 Å². The van der Waals surface area contributed by atoms with Gasteiger partial charge in [-0.25, -0.2) is 0 Å². The Bertz CT molecular complexity index is 1030. The summed E-state index contributed by atoms with van der Waals surface area (Å²) in [6.45, 7) is 3.74. The van der Waals surface area contributed by atoms with Crippen molar-refractivity contribution in [2.75, 3.05) is 52.6 Å². The molecule has 0 atom stereocenters. The summed E-state index contributed by atoms with van der Waals surface area (Å²) in [6.07, 6.45) is 3.63. The molecule has 10 heteroatoms. The van der Waals surface area contributed by atoms with Gasteiger partial charge in [0.25, 0.3) is 0 Å². The quantitative estimate of drug-likeness (QED) is 0.230. The maximum Gasteiger partial charge on any atom is 0.306 e. The summed E-state index contributed by atoms with van der Waals surface area (Å²) in [5, 5.41) is 0. The van der Waals surface area contributed by atoms with Crippen molar-refractivity contribution in [2.24, 2.45) is 0 Å². The number of benzene rings is 2. The maximum absolute atomic E-state index is 12.8.